The van der Waals surface area contributed by atoms with Gasteiger partial charge in [0.15, 0.2) is 22.8 Å². The molecule has 224 valence electrons. The zero-order valence-corrected chi connectivity index (χ0v) is 23.2. The molecule has 1 saturated heterocycles. The molecule has 13 heteroatoms. The molecular formula is C30H26F4N4O5. The van der Waals surface area contributed by atoms with Gasteiger partial charge in [-0.2, -0.15) is 18.4 Å². The lowest BCUT2D eigenvalue weighted by Crippen LogP contribution is -2.50. The number of ketones is 1. The number of carbonyl (C=O) groups is 3. The number of Topliss-reactive ketones (excluding diaryl/α,β-unsaturated/α-hetero) is 1. The van der Waals surface area contributed by atoms with E-state index in [0.717, 1.165) is 24.0 Å². The fraction of sp³-hybridized carbons (Fsp3) is 0.367. The van der Waals surface area contributed by atoms with Crippen molar-refractivity contribution in [3.63, 3.8) is 0 Å². The van der Waals surface area contributed by atoms with Gasteiger partial charge in [0, 0.05) is 29.8 Å². The first-order valence-corrected chi connectivity index (χ1v) is 13.4. The van der Waals surface area contributed by atoms with E-state index >= 15 is 0 Å². The van der Waals surface area contributed by atoms with Crippen molar-refractivity contribution >= 4 is 23.4 Å². The molecule has 9 nitrogen and oxygen atoms in total. The maximum Gasteiger partial charge on any atom is 0.411 e. The second-order valence-corrected chi connectivity index (χ2v) is 10.6. The van der Waals surface area contributed by atoms with Crippen molar-refractivity contribution in [3.05, 3.63) is 76.9 Å². The van der Waals surface area contributed by atoms with Gasteiger partial charge in [-0.15, -0.1) is 0 Å². The van der Waals surface area contributed by atoms with E-state index in [2.05, 4.69) is 4.98 Å². The monoisotopic (exact) mass is 598 g/mol. The van der Waals surface area contributed by atoms with Crippen molar-refractivity contribution in [2.24, 2.45) is 5.92 Å². The lowest BCUT2D eigenvalue weighted by molar-refractivity contribution is -0.187. The van der Waals surface area contributed by atoms with Gasteiger partial charge in [0.2, 0.25) is 5.91 Å². The Kier molecular flexibility index (Phi) is 7.72. The van der Waals surface area contributed by atoms with Gasteiger partial charge in [0.25, 0.3) is 0 Å². The number of amides is 2. The van der Waals surface area contributed by atoms with E-state index in [9.17, 15) is 37.2 Å². The number of allylic oxidation sites excluding steroid dienone is 3. The average Bonchev–Trinajstić information content (AvgIpc) is 3.49. The van der Waals surface area contributed by atoms with Crippen LogP contribution in [-0.4, -0.2) is 70.6 Å². The van der Waals surface area contributed by atoms with E-state index < -0.39 is 54.6 Å². The van der Waals surface area contributed by atoms with Gasteiger partial charge in [-0.3, -0.25) is 14.5 Å². The summed E-state index contributed by atoms with van der Waals surface area (Å²) in [6.45, 7) is -0.397. The van der Waals surface area contributed by atoms with Crippen LogP contribution in [0.1, 0.15) is 36.6 Å². The minimum absolute atomic E-state index is 0.0690. The number of nitrogens with zero attached hydrogens (tertiary/aromatic N) is 4. The Morgan fingerprint density at radius 2 is 2.00 bits per heavy atom. The Balaban J connectivity index is 1.36. The summed E-state index contributed by atoms with van der Waals surface area (Å²) in [7, 11) is 1.38. The quantitative estimate of drug-likeness (QED) is 0.429. The molecule has 1 aliphatic heterocycles. The summed E-state index contributed by atoms with van der Waals surface area (Å²) >= 11 is 0. The number of rotatable bonds is 7. The van der Waals surface area contributed by atoms with E-state index in [1.54, 1.807) is 18.2 Å². The molecule has 0 bridgehead atoms. The van der Waals surface area contributed by atoms with Crippen LogP contribution in [0.4, 0.5) is 22.4 Å². The molecule has 2 aliphatic carbocycles. The minimum atomic E-state index is -4.74. The van der Waals surface area contributed by atoms with Gasteiger partial charge in [-0.25, -0.2) is 14.2 Å². The smallest absolute Gasteiger partial charge is 0.411 e. The summed E-state index contributed by atoms with van der Waals surface area (Å²) in [5.41, 5.74) is 0.485. The summed E-state index contributed by atoms with van der Waals surface area (Å²) in [5, 5.41) is 9.19. The highest BCUT2D eigenvalue weighted by molar-refractivity contribution is 6.24. The second-order valence-electron chi connectivity index (χ2n) is 10.6. The number of alkyl halides is 3. The number of methoxy groups -OCH3 is 1. The van der Waals surface area contributed by atoms with Gasteiger partial charge in [0.1, 0.15) is 24.5 Å². The molecule has 2 aromatic rings. The molecule has 1 saturated carbocycles. The molecule has 1 aromatic carbocycles. The number of nitriles is 1. The summed E-state index contributed by atoms with van der Waals surface area (Å²) in [6.07, 6.45) is -0.339. The number of ether oxygens (including phenoxy) is 2. The Bertz CT molecular complexity index is 1580. The molecule has 5 rings (SSSR count). The molecule has 1 spiro atoms. The normalized spacial score (nSPS) is 22.0. The molecular weight excluding hydrogens is 572 g/mol. The van der Waals surface area contributed by atoms with Crippen LogP contribution in [0.3, 0.4) is 0 Å². The van der Waals surface area contributed by atoms with Crippen LogP contribution in [0.25, 0.3) is 5.57 Å². The zero-order valence-electron chi connectivity index (χ0n) is 23.2. The molecule has 1 unspecified atom stereocenters. The van der Waals surface area contributed by atoms with E-state index in [-0.39, 0.29) is 35.8 Å². The Labute approximate surface area is 244 Å². The molecule has 2 fully saturated rings. The lowest BCUT2D eigenvalue weighted by atomic mass is 9.82. The maximum atomic E-state index is 13.7. The van der Waals surface area contributed by atoms with Crippen LogP contribution in [0.5, 0.6) is 5.75 Å². The van der Waals surface area contributed by atoms with Gasteiger partial charge < -0.3 is 14.4 Å². The first-order chi connectivity index (χ1) is 20.4. The number of halogens is 4. The van der Waals surface area contributed by atoms with Crippen LogP contribution < -0.4 is 4.74 Å². The number of hydrogen-bond donors (Lipinski definition) is 0. The average molecular weight is 599 g/mol. The first-order valence-electron chi connectivity index (χ1n) is 13.4. The molecule has 0 N–H and O–H groups in total. The lowest BCUT2D eigenvalue weighted by Gasteiger charge is -2.32. The number of carbonyl (C=O) groups excluding carboxylic acids is 3. The predicted molar refractivity (Wildman–Crippen MR) is 143 cm³/mol. The molecule has 43 heavy (non-hydrogen) atoms. The highest BCUT2D eigenvalue weighted by Crippen LogP contribution is 2.49. The number of fused-ring (bicyclic) bond motifs is 2. The Hall–Kier alpha value is -4.73. The van der Waals surface area contributed by atoms with Crippen molar-refractivity contribution in [2.45, 2.75) is 44.1 Å². The van der Waals surface area contributed by atoms with Gasteiger partial charge in [-0.05, 0) is 49.1 Å². The van der Waals surface area contributed by atoms with E-state index in [0.29, 0.717) is 28.0 Å². The summed E-state index contributed by atoms with van der Waals surface area (Å²) in [4.78, 5) is 45.4. The van der Waals surface area contributed by atoms with E-state index in [1.165, 1.54) is 25.4 Å². The first kappa shape index (κ1) is 29.8. The maximum absolute atomic E-state index is 13.7. The fourth-order valence-electron chi connectivity index (χ4n) is 5.74. The molecule has 1 aromatic heterocycles. The second kappa shape index (κ2) is 11.2. The van der Waals surface area contributed by atoms with Crippen LogP contribution in [0, 0.1) is 23.1 Å². The van der Waals surface area contributed by atoms with Crippen LogP contribution in [0.2, 0.25) is 0 Å². The number of pyridine rings is 1. The summed E-state index contributed by atoms with van der Waals surface area (Å²) in [6, 6.07) is 6.02. The fourth-order valence-corrected chi connectivity index (χ4v) is 5.74. The predicted octanol–water partition coefficient (Wildman–Crippen LogP) is 4.57. The third kappa shape index (κ3) is 5.57. The number of hydrogen-bond acceptors (Lipinski definition) is 7. The largest absolute Gasteiger partial charge is 0.494 e. The summed E-state index contributed by atoms with van der Waals surface area (Å²) < 4.78 is 65.3. The van der Waals surface area contributed by atoms with Crippen molar-refractivity contribution < 1.29 is 41.4 Å². The number of aromatic nitrogens is 1. The topological polar surface area (TPSA) is 113 Å². The third-order valence-electron chi connectivity index (χ3n) is 8.08. The van der Waals surface area contributed by atoms with E-state index in [1.807, 2.05) is 6.07 Å². The van der Waals surface area contributed by atoms with Crippen molar-refractivity contribution in [1.82, 2.24) is 14.8 Å². The Morgan fingerprint density at radius 3 is 2.65 bits per heavy atom. The van der Waals surface area contributed by atoms with Crippen LogP contribution in [0.15, 0.2) is 54.3 Å². The van der Waals surface area contributed by atoms with Gasteiger partial charge in [-0.1, -0.05) is 24.3 Å². The zero-order chi connectivity index (χ0) is 31.1. The SMILES string of the molecule is COc1cc(C2=CC=C3C(CC[C@]34CN(CC(=O)N(Cc3ccc(F)cc3)[C@@H](C)C(F)(F)F)C(=O)O4)C2=O)cnc1C#N. The minimum Gasteiger partial charge on any atom is -0.494 e. The molecule has 2 amide bonds. The van der Waals surface area contributed by atoms with Gasteiger partial charge >= 0.3 is 12.3 Å². The van der Waals surface area contributed by atoms with E-state index in [4.69, 9.17) is 9.47 Å². The van der Waals surface area contributed by atoms with Crippen molar-refractivity contribution in [2.75, 3.05) is 20.2 Å². The van der Waals surface area contributed by atoms with Crippen LogP contribution in [-0.2, 0) is 20.9 Å². The molecule has 3 aliphatic rings. The van der Waals surface area contributed by atoms with Crippen molar-refractivity contribution in [1.29, 1.82) is 5.26 Å². The summed E-state index contributed by atoms with van der Waals surface area (Å²) in [5.74, 6) is -2.18. The van der Waals surface area contributed by atoms with Crippen LogP contribution >= 0.6 is 0 Å². The molecule has 2 heterocycles. The highest BCUT2D eigenvalue weighted by atomic mass is 19.4. The van der Waals surface area contributed by atoms with Crippen molar-refractivity contribution in [3.8, 4) is 11.8 Å². The Morgan fingerprint density at radius 1 is 1.28 bits per heavy atom. The molecule has 3 atom stereocenters. The van der Waals surface area contributed by atoms with Gasteiger partial charge in [0.05, 0.1) is 13.7 Å². The standard InChI is InChI=1S/C30H26F4N4O5/c1-17(30(32,33)34)38(14-18-3-5-20(31)6-4-18)26(39)15-37-16-29(43-28(37)41)10-9-22-23(29)8-7-21(27(22)40)19-11-25(42-2)24(12-35)36-13-19/h3-8,11,13,17,22H,9-10,14-16H2,1-2H3/t17-,22?,29-/m0/s1. The highest BCUT2D eigenvalue weighted by Gasteiger charge is 2.56. The number of benzene rings is 1. The molecule has 0 radical (unpaired) electrons. The third-order valence-corrected chi connectivity index (χ3v) is 8.08.